The fraction of sp³-hybridized carbons (Fsp3) is 0.889. The molecule has 2 heterocycles. The lowest BCUT2D eigenvalue weighted by Gasteiger charge is -2.35. The average molecular weight is 199 g/mol. The second kappa shape index (κ2) is 4.14. The topological polar surface area (TPSA) is 53.6 Å². The Hall–Kier alpha value is -0.810. The number of methoxy groups -OCH3 is 1. The van der Waals surface area contributed by atoms with Crippen LogP contribution in [0.4, 0.5) is 4.79 Å². The van der Waals surface area contributed by atoms with E-state index in [2.05, 4.69) is 20.3 Å². The quantitative estimate of drug-likeness (QED) is 0.623. The van der Waals surface area contributed by atoms with Crippen molar-refractivity contribution in [3.05, 3.63) is 0 Å². The predicted octanol–water partition coefficient (Wildman–Crippen LogP) is -0.611. The summed E-state index contributed by atoms with van der Waals surface area (Å²) in [6.45, 7) is 4.22. The van der Waals surface area contributed by atoms with Gasteiger partial charge in [-0.1, -0.05) is 0 Å². The third-order valence-electron chi connectivity index (χ3n) is 3.00. The minimum atomic E-state index is -0.316. The predicted molar refractivity (Wildman–Crippen MR) is 52.2 cm³/mol. The smallest absolute Gasteiger partial charge is 0.407 e. The van der Waals surface area contributed by atoms with Crippen LogP contribution in [0.2, 0.25) is 0 Å². The molecule has 1 amide bonds. The molecule has 0 aromatic rings. The highest BCUT2D eigenvalue weighted by molar-refractivity contribution is 5.67. The Labute approximate surface area is 83.8 Å². The Morgan fingerprint density at radius 1 is 1.57 bits per heavy atom. The molecule has 0 radical (unpaired) electrons. The summed E-state index contributed by atoms with van der Waals surface area (Å²) in [6.07, 6.45) is 0.717. The molecule has 0 aromatic heterocycles. The second-order valence-electron chi connectivity index (χ2n) is 3.93. The van der Waals surface area contributed by atoms with Crippen LogP contribution in [-0.4, -0.2) is 56.4 Å². The Balaban J connectivity index is 1.73. The summed E-state index contributed by atoms with van der Waals surface area (Å²) < 4.78 is 4.57. The number of alkyl carbamates (subject to hydrolysis) is 1. The van der Waals surface area contributed by atoms with Crippen molar-refractivity contribution >= 4 is 6.09 Å². The summed E-state index contributed by atoms with van der Waals surface area (Å²) in [6, 6.07) is 0.947. The molecule has 80 valence electrons. The summed E-state index contributed by atoms with van der Waals surface area (Å²) in [4.78, 5) is 13.4. The molecule has 5 heteroatoms. The number of hydrogen-bond acceptors (Lipinski definition) is 4. The van der Waals surface area contributed by atoms with Crippen LogP contribution >= 0.6 is 0 Å². The van der Waals surface area contributed by atoms with Crippen molar-refractivity contribution in [2.75, 3.05) is 33.3 Å². The highest BCUT2D eigenvalue weighted by Crippen LogP contribution is 2.14. The van der Waals surface area contributed by atoms with Crippen LogP contribution in [0.1, 0.15) is 6.42 Å². The molecule has 0 saturated carbocycles. The van der Waals surface area contributed by atoms with Crippen molar-refractivity contribution in [2.24, 2.45) is 0 Å². The van der Waals surface area contributed by atoms with Gasteiger partial charge < -0.3 is 15.4 Å². The van der Waals surface area contributed by atoms with E-state index in [1.54, 1.807) is 0 Å². The number of rotatable bonds is 2. The second-order valence-corrected chi connectivity index (χ2v) is 3.93. The molecule has 5 nitrogen and oxygen atoms in total. The molecule has 2 aliphatic rings. The first-order valence-electron chi connectivity index (χ1n) is 5.09. The standard InChI is InChI=1S/C9H17N3O2/c1-14-9(13)11-7-2-3-12(6-7)8-4-10-5-8/h7-8,10H,2-6H2,1H3,(H,11,13). The summed E-state index contributed by atoms with van der Waals surface area (Å²) in [5, 5.41) is 6.09. The normalized spacial score (nSPS) is 28.5. The lowest BCUT2D eigenvalue weighted by atomic mass is 10.1. The monoisotopic (exact) mass is 199 g/mol. The Kier molecular flexibility index (Phi) is 2.88. The minimum absolute atomic E-state index is 0.267. The molecule has 0 aromatic carbocycles. The maximum Gasteiger partial charge on any atom is 0.407 e. The van der Waals surface area contributed by atoms with Crippen LogP contribution in [0.3, 0.4) is 0 Å². The molecule has 2 N–H and O–H groups in total. The van der Waals surface area contributed by atoms with Gasteiger partial charge in [0, 0.05) is 38.3 Å². The molecular weight excluding hydrogens is 182 g/mol. The van der Waals surface area contributed by atoms with E-state index in [-0.39, 0.29) is 12.1 Å². The van der Waals surface area contributed by atoms with Crippen LogP contribution in [0, 0.1) is 0 Å². The van der Waals surface area contributed by atoms with E-state index in [0.717, 1.165) is 32.6 Å². The number of nitrogens with one attached hydrogen (secondary N) is 2. The third kappa shape index (κ3) is 1.99. The van der Waals surface area contributed by atoms with Crippen molar-refractivity contribution in [3.8, 4) is 0 Å². The van der Waals surface area contributed by atoms with Crippen molar-refractivity contribution in [1.29, 1.82) is 0 Å². The van der Waals surface area contributed by atoms with E-state index >= 15 is 0 Å². The number of carbonyl (C=O) groups excluding carboxylic acids is 1. The fourth-order valence-electron chi connectivity index (χ4n) is 1.99. The van der Waals surface area contributed by atoms with Gasteiger partial charge in [0.25, 0.3) is 0 Å². The fourth-order valence-corrected chi connectivity index (χ4v) is 1.99. The summed E-state index contributed by atoms with van der Waals surface area (Å²) in [7, 11) is 1.40. The Morgan fingerprint density at radius 2 is 2.36 bits per heavy atom. The van der Waals surface area contributed by atoms with Gasteiger partial charge in [-0.15, -0.1) is 0 Å². The highest BCUT2D eigenvalue weighted by Gasteiger charge is 2.31. The zero-order chi connectivity index (χ0) is 9.97. The van der Waals surface area contributed by atoms with Gasteiger partial charge >= 0.3 is 6.09 Å². The van der Waals surface area contributed by atoms with Gasteiger partial charge in [-0.2, -0.15) is 0 Å². The SMILES string of the molecule is COC(=O)NC1CCN(C2CNC2)C1. The Bertz CT molecular complexity index is 218. The van der Waals surface area contributed by atoms with Crippen LogP contribution in [0.15, 0.2) is 0 Å². The lowest BCUT2D eigenvalue weighted by Crippen LogP contribution is -2.56. The largest absolute Gasteiger partial charge is 0.453 e. The molecule has 2 fully saturated rings. The van der Waals surface area contributed by atoms with Crippen molar-refractivity contribution in [2.45, 2.75) is 18.5 Å². The van der Waals surface area contributed by atoms with E-state index in [1.165, 1.54) is 7.11 Å². The van der Waals surface area contributed by atoms with E-state index in [9.17, 15) is 4.79 Å². The van der Waals surface area contributed by atoms with Crippen LogP contribution in [-0.2, 0) is 4.74 Å². The van der Waals surface area contributed by atoms with Crippen molar-refractivity contribution in [1.82, 2.24) is 15.5 Å². The third-order valence-corrected chi connectivity index (χ3v) is 3.00. The molecule has 2 rings (SSSR count). The van der Waals surface area contributed by atoms with Crippen LogP contribution < -0.4 is 10.6 Å². The molecule has 2 saturated heterocycles. The van der Waals surface area contributed by atoms with E-state index in [4.69, 9.17) is 0 Å². The van der Waals surface area contributed by atoms with Crippen molar-refractivity contribution in [3.63, 3.8) is 0 Å². The summed E-state index contributed by atoms with van der Waals surface area (Å²) in [5.74, 6) is 0. The Morgan fingerprint density at radius 3 is 2.93 bits per heavy atom. The van der Waals surface area contributed by atoms with E-state index < -0.39 is 0 Å². The molecule has 0 bridgehead atoms. The zero-order valence-electron chi connectivity index (χ0n) is 8.45. The number of ether oxygens (including phenoxy) is 1. The van der Waals surface area contributed by atoms with Gasteiger partial charge in [0.2, 0.25) is 0 Å². The van der Waals surface area contributed by atoms with Crippen LogP contribution in [0.5, 0.6) is 0 Å². The maximum absolute atomic E-state index is 11.0. The number of likely N-dealkylation sites (tertiary alicyclic amines) is 1. The number of nitrogens with zero attached hydrogens (tertiary/aromatic N) is 1. The number of hydrogen-bond donors (Lipinski definition) is 2. The first kappa shape index (κ1) is 9.73. The van der Waals surface area contributed by atoms with E-state index in [1.807, 2.05) is 0 Å². The van der Waals surface area contributed by atoms with Gasteiger partial charge in [0.05, 0.1) is 7.11 Å². The number of amides is 1. The van der Waals surface area contributed by atoms with Gasteiger partial charge in [-0.05, 0) is 6.42 Å². The van der Waals surface area contributed by atoms with Gasteiger partial charge in [0.1, 0.15) is 0 Å². The average Bonchev–Trinajstić information content (AvgIpc) is 2.50. The summed E-state index contributed by atoms with van der Waals surface area (Å²) in [5.41, 5.74) is 0. The highest BCUT2D eigenvalue weighted by atomic mass is 16.5. The zero-order valence-corrected chi connectivity index (χ0v) is 8.45. The molecule has 0 aliphatic carbocycles. The first-order chi connectivity index (χ1) is 6.79. The van der Waals surface area contributed by atoms with Gasteiger partial charge in [0.15, 0.2) is 0 Å². The molecule has 14 heavy (non-hydrogen) atoms. The van der Waals surface area contributed by atoms with Crippen molar-refractivity contribution < 1.29 is 9.53 Å². The minimum Gasteiger partial charge on any atom is -0.453 e. The summed E-state index contributed by atoms with van der Waals surface area (Å²) >= 11 is 0. The van der Waals surface area contributed by atoms with Gasteiger partial charge in [-0.25, -0.2) is 4.79 Å². The molecular formula is C9H17N3O2. The molecule has 1 atom stereocenters. The van der Waals surface area contributed by atoms with Gasteiger partial charge in [-0.3, -0.25) is 4.90 Å². The van der Waals surface area contributed by atoms with Crippen LogP contribution in [0.25, 0.3) is 0 Å². The maximum atomic E-state index is 11.0. The molecule has 0 spiro atoms. The molecule has 2 aliphatic heterocycles. The van der Waals surface area contributed by atoms with E-state index in [0.29, 0.717) is 6.04 Å². The molecule has 1 unspecified atom stereocenters. The first-order valence-corrected chi connectivity index (χ1v) is 5.09. The number of carbonyl (C=O) groups is 1. The lowest BCUT2D eigenvalue weighted by molar-refractivity contribution is 0.159.